The molecule has 6 nitrogen and oxygen atoms in total. The summed E-state index contributed by atoms with van der Waals surface area (Å²) in [7, 11) is 0. The molecule has 0 amide bonds. The van der Waals surface area contributed by atoms with Crippen LogP contribution < -0.4 is 10.5 Å². The summed E-state index contributed by atoms with van der Waals surface area (Å²) < 4.78 is 10.9. The van der Waals surface area contributed by atoms with Crippen molar-refractivity contribution >= 4 is 5.84 Å². The number of pyridine rings is 1. The van der Waals surface area contributed by atoms with Crippen LogP contribution in [0.3, 0.4) is 0 Å². The standard InChI is InChI=1S/C12H19N3O3/c1-4-17-7-9(3)18-12-10(11(13)15-16)8(2)5-6-14-12/h5-6,9,16H,4,7H2,1-3H3,(H2,13,15). The van der Waals surface area contributed by atoms with E-state index in [2.05, 4.69) is 10.1 Å². The van der Waals surface area contributed by atoms with Gasteiger partial charge in [0.1, 0.15) is 6.10 Å². The number of hydrogen-bond acceptors (Lipinski definition) is 5. The average molecular weight is 253 g/mol. The summed E-state index contributed by atoms with van der Waals surface area (Å²) in [5.41, 5.74) is 6.96. The Hall–Kier alpha value is -1.82. The minimum absolute atomic E-state index is 0.0146. The number of ether oxygens (including phenoxy) is 2. The molecular formula is C12H19N3O3. The van der Waals surface area contributed by atoms with Gasteiger partial charge in [-0.1, -0.05) is 5.16 Å². The molecule has 1 aromatic rings. The third-order valence-electron chi connectivity index (χ3n) is 2.36. The predicted octanol–water partition coefficient (Wildman–Crippen LogP) is 1.29. The van der Waals surface area contributed by atoms with Crippen molar-refractivity contribution in [3.63, 3.8) is 0 Å². The van der Waals surface area contributed by atoms with Crippen LogP contribution in [-0.4, -0.2) is 35.3 Å². The molecule has 0 spiro atoms. The minimum Gasteiger partial charge on any atom is -0.472 e. The van der Waals surface area contributed by atoms with Crippen LogP contribution in [0.4, 0.5) is 0 Å². The van der Waals surface area contributed by atoms with Gasteiger partial charge in [-0.25, -0.2) is 4.98 Å². The Morgan fingerprint density at radius 1 is 1.61 bits per heavy atom. The Balaban J connectivity index is 2.91. The highest BCUT2D eigenvalue weighted by atomic mass is 16.5. The monoisotopic (exact) mass is 253 g/mol. The molecule has 0 fully saturated rings. The van der Waals surface area contributed by atoms with Crippen LogP contribution in [0.15, 0.2) is 17.4 Å². The fourth-order valence-corrected chi connectivity index (χ4v) is 1.49. The van der Waals surface area contributed by atoms with Gasteiger partial charge in [-0.05, 0) is 32.4 Å². The van der Waals surface area contributed by atoms with Gasteiger partial charge in [-0.15, -0.1) is 0 Å². The van der Waals surface area contributed by atoms with Gasteiger partial charge in [0.25, 0.3) is 0 Å². The lowest BCUT2D eigenvalue weighted by atomic mass is 10.1. The number of hydrogen-bond donors (Lipinski definition) is 2. The molecule has 0 aliphatic carbocycles. The van der Waals surface area contributed by atoms with E-state index in [0.29, 0.717) is 24.7 Å². The fourth-order valence-electron chi connectivity index (χ4n) is 1.49. The van der Waals surface area contributed by atoms with Crippen molar-refractivity contribution in [1.29, 1.82) is 0 Å². The first-order valence-electron chi connectivity index (χ1n) is 5.78. The number of aromatic nitrogens is 1. The third kappa shape index (κ3) is 3.59. The van der Waals surface area contributed by atoms with Gasteiger partial charge < -0.3 is 20.4 Å². The zero-order valence-electron chi connectivity index (χ0n) is 10.9. The molecule has 1 aromatic heterocycles. The van der Waals surface area contributed by atoms with Gasteiger partial charge in [0.15, 0.2) is 5.84 Å². The van der Waals surface area contributed by atoms with Gasteiger partial charge in [-0.3, -0.25) is 0 Å². The molecule has 0 saturated heterocycles. The lowest BCUT2D eigenvalue weighted by molar-refractivity contribution is 0.0632. The maximum Gasteiger partial charge on any atom is 0.225 e. The van der Waals surface area contributed by atoms with Crippen molar-refractivity contribution < 1.29 is 14.7 Å². The topological polar surface area (TPSA) is 90.0 Å². The number of aryl methyl sites for hydroxylation is 1. The molecule has 1 atom stereocenters. The summed E-state index contributed by atoms with van der Waals surface area (Å²) in [4.78, 5) is 4.11. The second-order valence-corrected chi connectivity index (χ2v) is 3.88. The molecule has 0 radical (unpaired) electrons. The van der Waals surface area contributed by atoms with Gasteiger partial charge in [-0.2, -0.15) is 0 Å². The van der Waals surface area contributed by atoms with Crippen LogP contribution in [0.1, 0.15) is 25.0 Å². The maximum absolute atomic E-state index is 8.77. The summed E-state index contributed by atoms with van der Waals surface area (Å²) in [6.45, 7) is 6.72. The SMILES string of the molecule is CCOCC(C)Oc1nccc(C)c1/C(N)=N/O. The molecule has 100 valence electrons. The molecule has 18 heavy (non-hydrogen) atoms. The first-order chi connectivity index (χ1) is 8.60. The van der Waals surface area contributed by atoms with Crippen LogP contribution in [0, 0.1) is 6.92 Å². The smallest absolute Gasteiger partial charge is 0.225 e. The van der Waals surface area contributed by atoms with Gasteiger partial charge in [0.2, 0.25) is 5.88 Å². The normalized spacial score (nSPS) is 13.4. The van der Waals surface area contributed by atoms with Crippen molar-refractivity contribution in [2.24, 2.45) is 10.9 Å². The van der Waals surface area contributed by atoms with Crippen molar-refractivity contribution in [2.75, 3.05) is 13.2 Å². The molecule has 1 rings (SSSR count). The Morgan fingerprint density at radius 3 is 2.94 bits per heavy atom. The summed E-state index contributed by atoms with van der Waals surface area (Å²) in [5.74, 6) is 0.330. The first-order valence-corrected chi connectivity index (χ1v) is 5.78. The van der Waals surface area contributed by atoms with Crippen LogP contribution >= 0.6 is 0 Å². The minimum atomic E-state index is -0.163. The number of rotatable bonds is 6. The number of nitrogens with two attached hydrogens (primary N) is 1. The quantitative estimate of drug-likeness (QED) is 0.345. The average Bonchev–Trinajstić information content (AvgIpc) is 2.35. The molecular weight excluding hydrogens is 234 g/mol. The molecule has 0 bridgehead atoms. The first kappa shape index (κ1) is 14.2. The zero-order chi connectivity index (χ0) is 13.5. The fraction of sp³-hybridized carbons (Fsp3) is 0.500. The molecule has 6 heteroatoms. The summed E-state index contributed by atoms with van der Waals surface area (Å²) in [5, 5.41) is 11.8. The van der Waals surface area contributed by atoms with Crippen molar-refractivity contribution in [3.05, 3.63) is 23.4 Å². The molecule has 0 aliphatic rings. The maximum atomic E-state index is 8.77. The van der Waals surface area contributed by atoms with E-state index >= 15 is 0 Å². The molecule has 1 unspecified atom stereocenters. The predicted molar refractivity (Wildman–Crippen MR) is 68.1 cm³/mol. The highest BCUT2D eigenvalue weighted by Gasteiger charge is 2.15. The Morgan fingerprint density at radius 2 is 2.33 bits per heavy atom. The van der Waals surface area contributed by atoms with E-state index in [0.717, 1.165) is 5.56 Å². The molecule has 3 N–H and O–H groups in total. The van der Waals surface area contributed by atoms with Gasteiger partial charge in [0.05, 0.1) is 12.2 Å². The molecule has 1 heterocycles. The largest absolute Gasteiger partial charge is 0.472 e. The van der Waals surface area contributed by atoms with Crippen LogP contribution in [-0.2, 0) is 4.74 Å². The van der Waals surface area contributed by atoms with Crippen molar-refractivity contribution in [2.45, 2.75) is 26.9 Å². The molecule has 0 aliphatic heterocycles. The van der Waals surface area contributed by atoms with E-state index in [1.54, 1.807) is 12.3 Å². The second-order valence-electron chi connectivity index (χ2n) is 3.88. The van der Waals surface area contributed by atoms with Crippen LogP contribution in [0.25, 0.3) is 0 Å². The molecule has 0 saturated carbocycles. The van der Waals surface area contributed by atoms with Crippen molar-refractivity contribution in [1.82, 2.24) is 4.98 Å². The van der Waals surface area contributed by atoms with E-state index in [1.807, 2.05) is 20.8 Å². The van der Waals surface area contributed by atoms with E-state index in [4.69, 9.17) is 20.4 Å². The Bertz CT molecular complexity index is 421. The zero-order valence-corrected chi connectivity index (χ0v) is 10.9. The third-order valence-corrected chi connectivity index (χ3v) is 2.36. The summed E-state index contributed by atoms with van der Waals surface area (Å²) in [6.07, 6.45) is 1.45. The van der Waals surface area contributed by atoms with Crippen LogP contribution in [0.5, 0.6) is 5.88 Å². The van der Waals surface area contributed by atoms with Crippen LogP contribution in [0.2, 0.25) is 0 Å². The highest BCUT2D eigenvalue weighted by molar-refractivity contribution is 6.00. The number of nitrogens with zero attached hydrogens (tertiary/aromatic N) is 2. The lowest BCUT2D eigenvalue weighted by Gasteiger charge is -2.16. The Kier molecular flexibility index (Phi) is 5.38. The van der Waals surface area contributed by atoms with E-state index in [-0.39, 0.29) is 11.9 Å². The number of amidine groups is 1. The second kappa shape index (κ2) is 6.80. The van der Waals surface area contributed by atoms with Crippen molar-refractivity contribution in [3.8, 4) is 5.88 Å². The Labute approximate surface area is 106 Å². The summed E-state index contributed by atoms with van der Waals surface area (Å²) >= 11 is 0. The van der Waals surface area contributed by atoms with E-state index in [1.165, 1.54) is 0 Å². The summed E-state index contributed by atoms with van der Waals surface area (Å²) in [6, 6.07) is 1.77. The van der Waals surface area contributed by atoms with E-state index < -0.39 is 0 Å². The van der Waals surface area contributed by atoms with Gasteiger partial charge in [0, 0.05) is 12.8 Å². The van der Waals surface area contributed by atoms with E-state index in [9.17, 15) is 0 Å². The number of oxime groups is 1. The highest BCUT2D eigenvalue weighted by Crippen LogP contribution is 2.19. The molecule has 0 aromatic carbocycles. The van der Waals surface area contributed by atoms with Gasteiger partial charge >= 0.3 is 0 Å². The lowest BCUT2D eigenvalue weighted by Crippen LogP contribution is -2.23.